The first-order valence-electron chi connectivity index (χ1n) is 8.86. The standard InChI is InChI=1S/C18H27N3O5S/c1-13(2)19-17(22)12-20(4)18(23)15-6-5-14(3)16(11-15)27(24,25)21-7-9-26-10-8-21/h5-6,11,13H,7-10,12H2,1-4H3,(H,19,22). The molecule has 0 aromatic heterocycles. The number of hydrogen-bond donors (Lipinski definition) is 1. The number of carbonyl (C=O) groups is 2. The lowest BCUT2D eigenvalue weighted by atomic mass is 10.1. The minimum absolute atomic E-state index is 0.0226. The summed E-state index contributed by atoms with van der Waals surface area (Å²) in [7, 11) is -2.20. The number of likely N-dealkylation sites (N-methyl/N-ethyl adjacent to an activating group) is 1. The Kier molecular flexibility index (Phi) is 6.96. The Morgan fingerprint density at radius 2 is 1.89 bits per heavy atom. The summed E-state index contributed by atoms with van der Waals surface area (Å²) in [6.45, 7) is 6.54. The second-order valence-electron chi connectivity index (χ2n) is 6.88. The molecule has 2 amide bonds. The fraction of sp³-hybridized carbons (Fsp3) is 0.556. The molecule has 1 aromatic rings. The highest BCUT2D eigenvalue weighted by molar-refractivity contribution is 7.89. The van der Waals surface area contributed by atoms with Crippen molar-refractivity contribution in [3.8, 4) is 0 Å². The van der Waals surface area contributed by atoms with Gasteiger partial charge in [0.25, 0.3) is 5.91 Å². The molecule has 0 atom stereocenters. The van der Waals surface area contributed by atoms with Gasteiger partial charge < -0.3 is 15.0 Å². The highest BCUT2D eigenvalue weighted by Gasteiger charge is 2.29. The van der Waals surface area contributed by atoms with Crippen molar-refractivity contribution in [2.45, 2.75) is 31.7 Å². The normalized spacial score (nSPS) is 15.6. The van der Waals surface area contributed by atoms with Gasteiger partial charge in [0.1, 0.15) is 0 Å². The van der Waals surface area contributed by atoms with Crippen LogP contribution in [0.1, 0.15) is 29.8 Å². The summed E-state index contributed by atoms with van der Waals surface area (Å²) in [5.74, 6) is -0.679. The van der Waals surface area contributed by atoms with E-state index in [1.807, 2.05) is 13.8 Å². The van der Waals surface area contributed by atoms with Crippen LogP contribution in [0.3, 0.4) is 0 Å². The van der Waals surface area contributed by atoms with Crippen molar-refractivity contribution in [1.82, 2.24) is 14.5 Å². The molecule has 0 unspecified atom stereocenters. The molecular weight excluding hydrogens is 370 g/mol. The van der Waals surface area contributed by atoms with E-state index in [9.17, 15) is 18.0 Å². The van der Waals surface area contributed by atoms with Gasteiger partial charge in [-0.25, -0.2) is 8.42 Å². The van der Waals surface area contributed by atoms with Crippen molar-refractivity contribution in [1.29, 1.82) is 0 Å². The third kappa shape index (κ3) is 5.27. The van der Waals surface area contributed by atoms with Gasteiger partial charge in [-0.15, -0.1) is 0 Å². The average Bonchev–Trinajstić information content (AvgIpc) is 2.61. The van der Waals surface area contributed by atoms with Crippen molar-refractivity contribution in [2.24, 2.45) is 0 Å². The van der Waals surface area contributed by atoms with Gasteiger partial charge in [0, 0.05) is 31.7 Å². The fourth-order valence-electron chi connectivity index (χ4n) is 2.81. The summed E-state index contributed by atoms with van der Waals surface area (Å²) in [5, 5.41) is 2.72. The summed E-state index contributed by atoms with van der Waals surface area (Å²) in [6, 6.07) is 4.56. The first-order chi connectivity index (χ1) is 12.6. The molecule has 0 bridgehead atoms. The minimum atomic E-state index is -3.71. The number of ether oxygens (including phenoxy) is 1. The Bertz CT molecular complexity index is 801. The molecule has 0 spiro atoms. The first kappa shape index (κ1) is 21.3. The summed E-state index contributed by atoms with van der Waals surface area (Å²) in [5.41, 5.74) is 0.797. The fourth-order valence-corrected chi connectivity index (χ4v) is 4.47. The topological polar surface area (TPSA) is 96.0 Å². The van der Waals surface area contributed by atoms with E-state index >= 15 is 0 Å². The SMILES string of the molecule is Cc1ccc(C(=O)N(C)CC(=O)NC(C)C)cc1S(=O)(=O)N1CCOCC1. The summed E-state index contributed by atoms with van der Waals surface area (Å²) in [6.07, 6.45) is 0. The second-order valence-corrected chi connectivity index (χ2v) is 8.79. The van der Waals surface area contributed by atoms with Crippen LogP contribution in [0.25, 0.3) is 0 Å². The van der Waals surface area contributed by atoms with Crippen LogP contribution in [0, 0.1) is 6.92 Å². The number of morpholine rings is 1. The number of rotatable bonds is 6. The lowest BCUT2D eigenvalue weighted by Gasteiger charge is -2.27. The molecule has 150 valence electrons. The molecule has 9 heteroatoms. The van der Waals surface area contributed by atoms with E-state index in [-0.39, 0.29) is 42.0 Å². The lowest BCUT2D eigenvalue weighted by Crippen LogP contribution is -2.41. The van der Waals surface area contributed by atoms with Crippen LogP contribution in [0.5, 0.6) is 0 Å². The molecule has 0 saturated carbocycles. The molecule has 1 aliphatic heterocycles. The molecule has 1 heterocycles. The van der Waals surface area contributed by atoms with Gasteiger partial charge in [-0.05, 0) is 38.5 Å². The molecule has 0 aliphatic carbocycles. The quantitative estimate of drug-likeness (QED) is 0.759. The zero-order chi connectivity index (χ0) is 20.2. The third-order valence-corrected chi connectivity index (χ3v) is 6.24. The van der Waals surface area contributed by atoms with Crippen LogP contribution in [-0.2, 0) is 19.6 Å². The molecule has 1 N–H and O–H groups in total. The van der Waals surface area contributed by atoms with Crippen LogP contribution in [0.2, 0.25) is 0 Å². The number of nitrogens with one attached hydrogen (secondary N) is 1. The van der Waals surface area contributed by atoms with Crippen molar-refractivity contribution in [3.63, 3.8) is 0 Å². The van der Waals surface area contributed by atoms with Gasteiger partial charge in [-0.2, -0.15) is 4.31 Å². The number of benzene rings is 1. The van der Waals surface area contributed by atoms with E-state index in [1.54, 1.807) is 19.1 Å². The Morgan fingerprint density at radius 3 is 2.48 bits per heavy atom. The monoisotopic (exact) mass is 397 g/mol. The highest BCUT2D eigenvalue weighted by Crippen LogP contribution is 2.23. The lowest BCUT2D eigenvalue weighted by molar-refractivity contribution is -0.122. The minimum Gasteiger partial charge on any atom is -0.379 e. The number of hydrogen-bond acceptors (Lipinski definition) is 5. The number of aryl methyl sites for hydroxylation is 1. The zero-order valence-corrected chi connectivity index (χ0v) is 17.0. The number of sulfonamides is 1. The number of amides is 2. The van der Waals surface area contributed by atoms with Gasteiger partial charge in [0.2, 0.25) is 15.9 Å². The molecule has 0 radical (unpaired) electrons. The smallest absolute Gasteiger partial charge is 0.254 e. The predicted molar refractivity (Wildman–Crippen MR) is 101 cm³/mol. The van der Waals surface area contributed by atoms with Crippen LogP contribution in [-0.4, -0.2) is 75.4 Å². The Morgan fingerprint density at radius 1 is 1.26 bits per heavy atom. The first-order valence-corrected chi connectivity index (χ1v) is 10.3. The maximum atomic E-state index is 12.9. The second kappa shape index (κ2) is 8.81. The molecule has 1 fully saturated rings. The van der Waals surface area contributed by atoms with E-state index in [2.05, 4.69) is 5.32 Å². The Labute approximate surface area is 160 Å². The van der Waals surface area contributed by atoms with Crippen LogP contribution < -0.4 is 5.32 Å². The van der Waals surface area contributed by atoms with E-state index in [4.69, 9.17) is 4.74 Å². The van der Waals surface area contributed by atoms with Crippen LogP contribution >= 0.6 is 0 Å². The molecule has 1 aliphatic rings. The Balaban J connectivity index is 2.23. The molecule has 27 heavy (non-hydrogen) atoms. The van der Waals surface area contributed by atoms with Gasteiger partial charge in [-0.1, -0.05) is 6.07 Å². The van der Waals surface area contributed by atoms with Crippen molar-refractivity contribution in [2.75, 3.05) is 39.9 Å². The maximum Gasteiger partial charge on any atom is 0.254 e. The molecule has 1 aromatic carbocycles. The van der Waals surface area contributed by atoms with Crippen molar-refractivity contribution < 1.29 is 22.7 Å². The van der Waals surface area contributed by atoms with Crippen molar-refractivity contribution in [3.05, 3.63) is 29.3 Å². The van der Waals surface area contributed by atoms with Gasteiger partial charge in [0.15, 0.2) is 0 Å². The zero-order valence-electron chi connectivity index (χ0n) is 16.2. The highest BCUT2D eigenvalue weighted by atomic mass is 32.2. The number of carbonyl (C=O) groups excluding carboxylic acids is 2. The van der Waals surface area contributed by atoms with Crippen LogP contribution in [0.15, 0.2) is 23.1 Å². The van der Waals surface area contributed by atoms with E-state index in [0.29, 0.717) is 18.8 Å². The van der Waals surface area contributed by atoms with E-state index < -0.39 is 15.9 Å². The van der Waals surface area contributed by atoms with Gasteiger partial charge in [0.05, 0.1) is 24.7 Å². The third-order valence-electron chi connectivity index (χ3n) is 4.20. The van der Waals surface area contributed by atoms with E-state index in [1.165, 1.54) is 22.3 Å². The van der Waals surface area contributed by atoms with Crippen molar-refractivity contribution >= 4 is 21.8 Å². The van der Waals surface area contributed by atoms with Gasteiger partial charge >= 0.3 is 0 Å². The van der Waals surface area contributed by atoms with Crippen LogP contribution in [0.4, 0.5) is 0 Å². The summed E-state index contributed by atoms with van der Waals surface area (Å²) < 4.78 is 32.4. The maximum absolute atomic E-state index is 12.9. The number of nitrogens with zero attached hydrogens (tertiary/aromatic N) is 2. The molecule has 2 rings (SSSR count). The largest absolute Gasteiger partial charge is 0.379 e. The van der Waals surface area contributed by atoms with E-state index in [0.717, 1.165) is 0 Å². The molecule has 1 saturated heterocycles. The summed E-state index contributed by atoms with van der Waals surface area (Å²) in [4.78, 5) is 25.9. The molecular formula is C18H27N3O5S. The van der Waals surface area contributed by atoms with Gasteiger partial charge in [-0.3, -0.25) is 9.59 Å². The predicted octanol–water partition coefficient (Wildman–Crippen LogP) is 0.613. The Hall–Kier alpha value is -1.97. The molecule has 8 nitrogen and oxygen atoms in total. The summed E-state index contributed by atoms with van der Waals surface area (Å²) >= 11 is 0. The average molecular weight is 397 g/mol.